The zero-order chi connectivity index (χ0) is 19.6. The van der Waals surface area contributed by atoms with Crippen LogP contribution in [0.4, 0.5) is 0 Å². The first kappa shape index (κ1) is 20.2. The molecule has 0 radical (unpaired) electrons. The third kappa shape index (κ3) is 6.29. The fourth-order valence-corrected chi connectivity index (χ4v) is 2.43. The van der Waals surface area contributed by atoms with E-state index in [1.165, 1.54) is 7.11 Å². The van der Waals surface area contributed by atoms with E-state index < -0.39 is 6.04 Å². The molecule has 0 aliphatic carbocycles. The van der Waals surface area contributed by atoms with Crippen molar-refractivity contribution in [1.82, 2.24) is 15.6 Å². The van der Waals surface area contributed by atoms with Crippen LogP contribution >= 0.6 is 0 Å². The second-order valence-electron chi connectivity index (χ2n) is 6.31. The smallest absolute Gasteiger partial charge is 0.258 e. The van der Waals surface area contributed by atoms with Gasteiger partial charge in [0.05, 0.1) is 7.11 Å². The summed E-state index contributed by atoms with van der Waals surface area (Å²) < 4.78 is 10.7. The molecule has 7 heteroatoms. The molecule has 27 heavy (non-hydrogen) atoms. The molecule has 144 valence electrons. The van der Waals surface area contributed by atoms with Crippen LogP contribution in [0.25, 0.3) is 0 Å². The molecule has 2 aromatic rings. The molecule has 2 N–H and O–H groups in total. The van der Waals surface area contributed by atoms with E-state index in [1.807, 2.05) is 26.0 Å². The van der Waals surface area contributed by atoms with Crippen molar-refractivity contribution >= 4 is 11.8 Å². The van der Waals surface area contributed by atoms with Gasteiger partial charge in [-0.1, -0.05) is 32.0 Å². The maximum absolute atomic E-state index is 12.5. The highest BCUT2D eigenvalue weighted by Crippen LogP contribution is 2.25. The Kier molecular flexibility index (Phi) is 7.61. The van der Waals surface area contributed by atoms with E-state index in [-0.39, 0.29) is 24.3 Å². The maximum Gasteiger partial charge on any atom is 0.258 e. The average Bonchev–Trinajstić information content (AvgIpc) is 2.69. The van der Waals surface area contributed by atoms with Gasteiger partial charge < -0.3 is 20.1 Å². The van der Waals surface area contributed by atoms with Gasteiger partial charge in [-0.25, -0.2) is 0 Å². The molecular formula is C20H25N3O4. The number of ether oxygens (including phenoxy) is 2. The molecule has 1 aromatic heterocycles. The van der Waals surface area contributed by atoms with E-state index >= 15 is 0 Å². The first-order valence-corrected chi connectivity index (χ1v) is 8.73. The molecule has 2 rings (SSSR count). The Morgan fingerprint density at radius 3 is 2.48 bits per heavy atom. The van der Waals surface area contributed by atoms with Gasteiger partial charge in [0.25, 0.3) is 5.91 Å². The number of nitrogens with one attached hydrogen (secondary N) is 2. The van der Waals surface area contributed by atoms with Crippen LogP contribution in [-0.2, 0) is 16.1 Å². The minimum Gasteiger partial charge on any atom is -0.493 e. The molecule has 0 aliphatic heterocycles. The number of benzene rings is 1. The lowest BCUT2D eigenvalue weighted by Crippen LogP contribution is -2.50. The van der Waals surface area contributed by atoms with Crippen LogP contribution in [0.15, 0.2) is 48.8 Å². The van der Waals surface area contributed by atoms with Gasteiger partial charge in [0.15, 0.2) is 18.1 Å². The van der Waals surface area contributed by atoms with Crippen LogP contribution in [0.5, 0.6) is 11.5 Å². The molecule has 0 bridgehead atoms. The van der Waals surface area contributed by atoms with Gasteiger partial charge in [0.2, 0.25) is 5.91 Å². The number of pyridine rings is 1. The molecule has 2 amide bonds. The van der Waals surface area contributed by atoms with Gasteiger partial charge in [-0.05, 0) is 29.7 Å². The van der Waals surface area contributed by atoms with E-state index in [1.54, 1.807) is 36.7 Å². The lowest BCUT2D eigenvalue weighted by atomic mass is 10.0. The largest absolute Gasteiger partial charge is 0.493 e. The van der Waals surface area contributed by atoms with Gasteiger partial charge in [0.1, 0.15) is 6.04 Å². The monoisotopic (exact) mass is 371 g/mol. The van der Waals surface area contributed by atoms with Crippen molar-refractivity contribution in [2.45, 2.75) is 26.4 Å². The van der Waals surface area contributed by atoms with E-state index in [9.17, 15) is 9.59 Å². The third-order valence-electron chi connectivity index (χ3n) is 3.88. The average molecular weight is 371 g/mol. The normalized spacial score (nSPS) is 11.6. The highest BCUT2D eigenvalue weighted by molar-refractivity contribution is 5.88. The number of carbonyl (C=O) groups excluding carboxylic acids is 2. The van der Waals surface area contributed by atoms with Gasteiger partial charge in [-0.2, -0.15) is 0 Å². The van der Waals surface area contributed by atoms with Gasteiger partial charge in [-0.15, -0.1) is 0 Å². The number of hydrogen-bond acceptors (Lipinski definition) is 5. The molecule has 1 aromatic carbocycles. The molecule has 0 saturated heterocycles. The summed E-state index contributed by atoms with van der Waals surface area (Å²) in [6.07, 6.45) is 3.36. The van der Waals surface area contributed by atoms with Crippen molar-refractivity contribution in [3.05, 3.63) is 54.4 Å². The summed E-state index contributed by atoms with van der Waals surface area (Å²) in [6.45, 7) is 3.88. The highest BCUT2D eigenvalue weighted by Gasteiger charge is 2.24. The molecule has 0 unspecified atom stereocenters. The fourth-order valence-electron chi connectivity index (χ4n) is 2.43. The second-order valence-corrected chi connectivity index (χ2v) is 6.31. The molecule has 0 spiro atoms. The van der Waals surface area contributed by atoms with Gasteiger partial charge in [0, 0.05) is 18.9 Å². The van der Waals surface area contributed by atoms with Gasteiger partial charge >= 0.3 is 0 Å². The lowest BCUT2D eigenvalue weighted by molar-refractivity contribution is -0.131. The number of rotatable bonds is 9. The predicted octanol–water partition coefficient (Wildman–Crippen LogP) is 1.93. The standard InChI is InChI=1S/C20H25N3O4/c1-14(2)19(20(25)22-12-15-7-6-10-21-11-15)23-18(24)13-27-17-9-5-4-8-16(17)26-3/h4-11,14,19H,12-13H2,1-3H3,(H,22,25)(H,23,24)/t19-/m0/s1. The Morgan fingerprint density at radius 1 is 1.11 bits per heavy atom. The summed E-state index contributed by atoms with van der Waals surface area (Å²) in [5.41, 5.74) is 0.888. The molecule has 7 nitrogen and oxygen atoms in total. The summed E-state index contributed by atoms with van der Waals surface area (Å²) in [5, 5.41) is 5.55. The first-order chi connectivity index (χ1) is 13.0. The molecule has 0 fully saturated rings. The Balaban J connectivity index is 1.88. The summed E-state index contributed by atoms with van der Waals surface area (Å²) >= 11 is 0. The molecule has 1 atom stereocenters. The van der Waals surface area contributed by atoms with Crippen LogP contribution < -0.4 is 20.1 Å². The van der Waals surface area contributed by atoms with E-state index in [0.29, 0.717) is 18.0 Å². The zero-order valence-corrected chi connectivity index (χ0v) is 15.8. The van der Waals surface area contributed by atoms with E-state index in [4.69, 9.17) is 9.47 Å². The molecular weight excluding hydrogens is 346 g/mol. The minimum absolute atomic E-state index is 0.0749. The number of amides is 2. The predicted molar refractivity (Wildman–Crippen MR) is 101 cm³/mol. The highest BCUT2D eigenvalue weighted by atomic mass is 16.5. The van der Waals surface area contributed by atoms with Gasteiger partial charge in [-0.3, -0.25) is 14.6 Å². The zero-order valence-electron chi connectivity index (χ0n) is 15.8. The van der Waals surface area contributed by atoms with Crippen LogP contribution in [0.2, 0.25) is 0 Å². The van der Waals surface area contributed by atoms with Crippen molar-refractivity contribution in [3.63, 3.8) is 0 Å². The first-order valence-electron chi connectivity index (χ1n) is 8.73. The van der Waals surface area contributed by atoms with E-state index in [2.05, 4.69) is 15.6 Å². The Labute approximate surface area is 159 Å². The van der Waals surface area contributed by atoms with Crippen molar-refractivity contribution in [1.29, 1.82) is 0 Å². The number of para-hydroxylation sites is 2. The van der Waals surface area contributed by atoms with Crippen LogP contribution in [0, 0.1) is 5.92 Å². The Morgan fingerprint density at radius 2 is 1.85 bits per heavy atom. The Bertz CT molecular complexity index is 750. The number of methoxy groups -OCH3 is 1. The minimum atomic E-state index is -0.657. The number of hydrogen-bond donors (Lipinski definition) is 2. The van der Waals surface area contributed by atoms with Crippen LogP contribution in [-0.4, -0.2) is 36.6 Å². The third-order valence-corrected chi connectivity index (χ3v) is 3.88. The molecule has 0 saturated carbocycles. The maximum atomic E-state index is 12.5. The quantitative estimate of drug-likeness (QED) is 0.703. The summed E-state index contributed by atoms with van der Waals surface area (Å²) in [6, 6.07) is 10.1. The fraction of sp³-hybridized carbons (Fsp3) is 0.350. The number of aromatic nitrogens is 1. The second kappa shape index (κ2) is 10.2. The number of nitrogens with zero attached hydrogens (tertiary/aromatic N) is 1. The molecule has 0 aliphatic rings. The topological polar surface area (TPSA) is 89.5 Å². The van der Waals surface area contributed by atoms with Crippen LogP contribution in [0.1, 0.15) is 19.4 Å². The van der Waals surface area contributed by atoms with Crippen molar-refractivity contribution in [2.75, 3.05) is 13.7 Å². The molecule has 1 heterocycles. The summed E-state index contributed by atoms with van der Waals surface area (Å²) in [7, 11) is 1.53. The summed E-state index contributed by atoms with van der Waals surface area (Å²) in [5.74, 6) is 0.307. The van der Waals surface area contributed by atoms with Crippen molar-refractivity contribution < 1.29 is 19.1 Å². The Hall–Kier alpha value is -3.09. The lowest BCUT2D eigenvalue weighted by Gasteiger charge is -2.22. The summed E-state index contributed by atoms with van der Waals surface area (Å²) in [4.78, 5) is 28.7. The van der Waals surface area contributed by atoms with E-state index in [0.717, 1.165) is 5.56 Å². The van der Waals surface area contributed by atoms with Crippen molar-refractivity contribution in [2.24, 2.45) is 5.92 Å². The number of carbonyl (C=O) groups is 2. The van der Waals surface area contributed by atoms with Crippen LogP contribution in [0.3, 0.4) is 0 Å². The van der Waals surface area contributed by atoms with Crippen molar-refractivity contribution in [3.8, 4) is 11.5 Å². The SMILES string of the molecule is COc1ccccc1OCC(=O)N[C@H](C(=O)NCc1cccnc1)C(C)C.